The van der Waals surface area contributed by atoms with Gasteiger partial charge in [0, 0.05) is 17.8 Å². The Morgan fingerprint density at radius 3 is 2.05 bits per heavy atom. The smallest absolute Gasteiger partial charge is 0.237 e. The maximum atomic E-state index is 5.43. The fourth-order valence-electron chi connectivity index (χ4n) is 2.02. The van der Waals surface area contributed by atoms with Crippen molar-refractivity contribution in [2.75, 3.05) is 26.8 Å². The monoisotopic (exact) mass is 290 g/mol. The number of nitrogen functional groups attached to an aromatic ring is 1. The minimum Gasteiger partial charge on any atom is -0.496 e. The van der Waals surface area contributed by atoms with Crippen molar-refractivity contribution in [3.8, 4) is 28.5 Å². The summed E-state index contributed by atoms with van der Waals surface area (Å²) in [4.78, 5) is 8.52. The Morgan fingerprint density at radius 1 is 0.952 bits per heavy atom. The van der Waals surface area contributed by atoms with E-state index in [9.17, 15) is 0 Å². The summed E-state index contributed by atoms with van der Waals surface area (Å²) in [5, 5.41) is 0. The second-order valence-corrected chi connectivity index (χ2v) is 4.27. The summed E-state index contributed by atoms with van der Waals surface area (Å²) in [7, 11) is 4.74. The second kappa shape index (κ2) is 6.27. The van der Waals surface area contributed by atoms with E-state index in [1.165, 1.54) is 0 Å². The van der Waals surface area contributed by atoms with Crippen LogP contribution in [0.25, 0.3) is 11.3 Å². The van der Waals surface area contributed by atoms with Crippen molar-refractivity contribution in [1.29, 1.82) is 0 Å². The number of aryl methyl sites for hydroxylation is 1. The zero-order chi connectivity index (χ0) is 15.4. The molecule has 0 fully saturated rings. The molecule has 1 aromatic carbocycles. The number of benzene rings is 1. The molecule has 0 aliphatic rings. The molecule has 7 nitrogen and oxygen atoms in total. The van der Waals surface area contributed by atoms with Gasteiger partial charge >= 0.3 is 0 Å². The van der Waals surface area contributed by atoms with Crippen molar-refractivity contribution in [3.63, 3.8) is 0 Å². The molecule has 0 saturated heterocycles. The van der Waals surface area contributed by atoms with Gasteiger partial charge in [-0.25, -0.2) is 15.8 Å². The SMILES string of the molecule is COc1cc(OC)c(-c2cc(C)nc(NN)n2)c(OC)c1. The molecule has 7 heteroatoms. The van der Waals surface area contributed by atoms with E-state index in [4.69, 9.17) is 20.1 Å². The molecule has 2 rings (SSSR count). The third kappa shape index (κ3) is 2.97. The van der Waals surface area contributed by atoms with Crippen LogP contribution in [0.5, 0.6) is 17.2 Å². The number of hydrazine groups is 1. The molecule has 0 amide bonds. The van der Waals surface area contributed by atoms with Gasteiger partial charge in [0.2, 0.25) is 5.95 Å². The molecule has 0 atom stereocenters. The summed E-state index contributed by atoms with van der Waals surface area (Å²) >= 11 is 0. The minimum atomic E-state index is 0.324. The molecular weight excluding hydrogens is 272 g/mol. The van der Waals surface area contributed by atoms with E-state index in [0.717, 1.165) is 5.69 Å². The zero-order valence-electron chi connectivity index (χ0n) is 12.4. The van der Waals surface area contributed by atoms with Gasteiger partial charge in [0.05, 0.1) is 32.6 Å². The Labute approximate surface area is 123 Å². The standard InChI is InChI=1S/C14H18N4O3/c1-8-5-10(17-14(16-8)18-15)13-11(20-3)6-9(19-2)7-12(13)21-4/h5-7H,15H2,1-4H3,(H,16,17,18). The fourth-order valence-corrected chi connectivity index (χ4v) is 2.02. The summed E-state index contributed by atoms with van der Waals surface area (Å²) in [5.41, 5.74) is 4.57. The predicted molar refractivity (Wildman–Crippen MR) is 79.7 cm³/mol. The van der Waals surface area contributed by atoms with Gasteiger partial charge < -0.3 is 14.2 Å². The first kappa shape index (κ1) is 14.9. The van der Waals surface area contributed by atoms with Crippen LogP contribution in [0.2, 0.25) is 0 Å². The number of rotatable bonds is 5. The van der Waals surface area contributed by atoms with Crippen LogP contribution in [0.15, 0.2) is 18.2 Å². The fraction of sp³-hybridized carbons (Fsp3) is 0.286. The molecule has 0 aliphatic heterocycles. The van der Waals surface area contributed by atoms with E-state index >= 15 is 0 Å². The first-order valence-corrected chi connectivity index (χ1v) is 6.25. The quantitative estimate of drug-likeness (QED) is 0.640. The van der Waals surface area contributed by atoms with Crippen LogP contribution in [-0.2, 0) is 0 Å². The molecule has 3 N–H and O–H groups in total. The van der Waals surface area contributed by atoms with Crippen LogP contribution < -0.4 is 25.5 Å². The highest BCUT2D eigenvalue weighted by Crippen LogP contribution is 2.41. The highest BCUT2D eigenvalue weighted by Gasteiger charge is 2.17. The normalized spacial score (nSPS) is 10.1. The zero-order valence-corrected chi connectivity index (χ0v) is 12.4. The average Bonchev–Trinajstić information content (AvgIpc) is 2.52. The van der Waals surface area contributed by atoms with Crippen LogP contribution in [0, 0.1) is 6.92 Å². The Kier molecular flexibility index (Phi) is 4.44. The highest BCUT2D eigenvalue weighted by molar-refractivity contribution is 5.76. The maximum Gasteiger partial charge on any atom is 0.237 e. The van der Waals surface area contributed by atoms with Crippen LogP contribution in [0.4, 0.5) is 5.95 Å². The Morgan fingerprint density at radius 2 is 1.57 bits per heavy atom. The number of anilines is 1. The molecule has 0 saturated carbocycles. The van der Waals surface area contributed by atoms with Crippen molar-refractivity contribution in [2.24, 2.45) is 5.84 Å². The van der Waals surface area contributed by atoms with Crippen LogP contribution in [-0.4, -0.2) is 31.3 Å². The number of nitrogens with two attached hydrogens (primary N) is 1. The second-order valence-electron chi connectivity index (χ2n) is 4.27. The molecule has 0 spiro atoms. The van der Waals surface area contributed by atoms with Gasteiger partial charge in [-0.3, -0.25) is 5.43 Å². The van der Waals surface area contributed by atoms with Gasteiger partial charge in [-0.1, -0.05) is 0 Å². The minimum absolute atomic E-state index is 0.324. The van der Waals surface area contributed by atoms with E-state index in [-0.39, 0.29) is 0 Å². The summed E-state index contributed by atoms with van der Waals surface area (Å²) in [6, 6.07) is 5.36. The third-order valence-electron chi connectivity index (χ3n) is 2.95. The topological polar surface area (TPSA) is 91.5 Å². The number of nitrogens with zero attached hydrogens (tertiary/aromatic N) is 2. The van der Waals surface area contributed by atoms with Crippen molar-refractivity contribution < 1.29 is 14.2 Å². The van der Waals surface area contributed by atoms with Gasteiger partial charge in [0.15, 0.2) is 0 Å². The van der Waals surface area contributed by atoms with E-state index in [2.05, 4.69) is 15.4 Å². The maximum absolute atomic E-state index is 5.43. The summed E-state index contributed by atoms with van der Waals surface area (Å²) in [6.45, 7) is 1.86. The molecule has 1 aromatic heterocycles. The predicted octanol–water partition coefficient (Wildman–Crippen LogP) is 1.76. The molecule has 0 radical (unpaired) electrons. The molecule has 21 heavy (non-hydrogen) atoms. The first-order valence-electron chi connectivity index (χ1n) is 6.25. The number of hydrogen-bond acceptors (Lipinski definition) is 7. The van der Waals surface area contributed by atoms with Gasteiger partial charge in [-0.2, -0.15) is 0 Å². The Bertz CT molecular complexity index is 621. The molecule has 0 bridgehead atoms. The number of hydrogen-bond donors (Lipinski definition) is 2. The van der Waals surface area contributed by atoms with Crippen molar-refractivity contribution in [3.05, 3.63) is 23.9 Å². The van der Waals surface area contributed by atoms with E-state index in [0.29, 0.717) is 34.5 Å². The van der Waals surface area contributed by atoms with Gasteiger partial charge in [-0.15, -0.1) is 0 Å². The number of methoxy groups -OCH3 is 3. The number of ether oxygens (including phenoxy) is 3. The lowest BCUT2D eigenvalue weighted by molar-refractivity contribution is 0.377. The van der Waals surface area contributed by atoms with Crippen LogP contribution in [0.3, 0.4) is 0 Å². The lowest BCUT2D eigenvalue weighted by atomic mass is 10.1. The highest BCUT2D eigenvalue weighted by atomic mass is 16.5. The van der Waals surface area contributed by atoms with E-state index < -0.39 is 0 Å². The molecule has 112 valence electrons. The average molecular weight is 290 g/mol. The molecule has 1 heterocycles. The van der Waals surface area contributed by atoms with Gasteiger partial charge in [0.25, 0.3) is 0 Å². The summed E-state index contributed by atoms with van der Waals surface area (Å²) < 4.78 is 16.1. The molecule has 2 aromatic rings. The molecular formula is C14H18N4O3. The first-order chi connectivity index (χ1) is 10.1. The lowest BCUT2D eigenvalue weighted by Gasteiger charge is -2.15. The lowest BCUT2D eigenvalue weighted by Crippen LogP contribution is -2.11. The van der Waals surface area contributed by atoms with Crippen molar-refractivity contribution in [2.45, 2.75) is 6.92 Å². The third-order valence-corrected chi connectivity index (χ3v) is 2.95. The van der Waals surface area contributed by atoms with E-state index in [1.807, 2.05) is 13.0 Å². The molecule has 0 unspecified atom stereocenters. The van der Waals surface area contributed by atoms with Crippen LogP contribution in [0.1, 0.15) is 5.69 Å². The molecule has 0 aliphatic carbocycles. The summed E-state index contributed by atoms with van der Waals surface area (Å²) in [5.74, 6) is 7.53. The van der Waals surface area contributed by atoms with Gasteiger partial charge in [0.1, 0.15) is 17.2 Å². The van der Waals surface area contributed by atoms with Crippen molar-refractivity contribution in [1.82, 2.24) is 9.97 Å². The Hall–Kier alpha value is -2.54. The number of nitrogens with one attached hydrogen (secondary N) is 1. The van der Waals surface area contributed by atoms with E-state index in [1.54, 1.807) is 33.5 Å². The van der Waals surface area contributed by atoms with Crippen LogP contribution >= 0.6 is 0 Å². The summed E-state index contributed by atoms with van der Waals surface area (Å²) in [6.07, 6.45) is 0. The Balaban J connectivity index is 2.69. The van der Waals surface area contributed by atoms with Gasteiger partial charge in [-0.05, 0) is 13.0 Å². The number of aromatic nitrogens is 2. The largest absolute Gasteiger partial charge is 0.496 e. The van der Waals surface area contributed by atoms with Crippen molar-refractivity contribution >= 4 is 5.95 Å².